The Morgan fingerprint density at radius 3 is 2.50 bits per heavy atom. The van der Waals surface area contributed by atoms with Gasteiger partial charge in [0.05, 0.1) is 17.6 Å². The summed E-state index contributed by atoms with van der Waals surface area (Å²) in [6, 6.07) is 7.92. The third-order valence-corrected chi connectivity index (χ3v) is 2.87. The highest BCUT2D eigenvalue weighted by Crippen LogP contribution is 2.13. The van der Waals surface area contributed by atoms with Crippen molar-refractivity contribution < 1.29 is 0 Å². The Balaban J connectivity index is 2.34. The van der Waals surface area contributed by atoms with Gasteiger partial charge in [-0.3, -0.25) is 0 Å². The molecule has 2 aromatic rings. The Bertz CT molecular complexity index is 422. The van der Waals surface area contributed by atoms with Gasteiger partial charge in [0.25, 0.3) is 0 Å². The molecule has 0 atom stereocenters. The second kappa shape index (κ2) is 4.23. The average Bonchev–Trinajstić information content (AvgIpc) is 2.67. The highest BCUT2D eigenvalue weighted by Gasteiger charge is 2.00. The summed E-state index contributed by atoms with van der Waals surface area (Å²) < 4.78 is 2.81. The van der Waals surface area contributed by atoms with Crippen LogP contribution in [0.25, 0.3) is 5.69 Å². The minimum Gasteiger partial charge on any atom is -0.220 e. The van der Waals surface area contributed by atoms with Gasteiger partial charge in [0.15, 0.2) is 0 Å². The zero-order chi connectivity index (χ0) is 9.97. The minimum absolute atomic E-state index is 0.726. The first kappa shape index (κ1) is 9.86. The molecule has 0 saturated carbocycles. The number of hydrogen-bond acceptors (Lipinski definition) is 2. The molecule has 0 unspecified atom stereocenters. The summed E-state index contributed by atoms with van der Waals surface area (Å²) in [5.74, 6) is 0. The Labute approximate surface area is 98.4 Å². The molecule has 0 aliphatic rings. The Kier molecular flexibility index (Phi) is 2.98. The van der Waals surface area contributed by atoms with E-state index in [-0.39, 0.29) is 0 Å². The van der Waals surface area contributed by atoms with E-state index >= 15 is 0 Å². The van der Waals surface area contributed by atoms with Gasteiger partial charge in [0.1, 0.15) is 0 Å². The number of benzene rings is 1. The zero-order valence-corrected chi connectivity index (χ0v) is 10.4. The number of alkyl halides is 1. The van der Waals surface area contributed by atoms with Gasteiger partial charge in [0, 0.05) is 9.80 Å². The monoisotopic (exact) mass is 315 g/mol. The predicted molar refractivity (Wildman–Crippen MR) is 61.7 cm³/mol. The largest absolute Gasteiger partial charge is 0.220 e. The van der Waals surface area contributed by atoms with E-state index in [0.29, 0.717) is 0 Å². The van der Waals surface area contributed by atoms with Crippen molar-refractivity contribution in [3.05, 3.63) is 40.6 Å². The fourth-order valence-electron chi connectivity index (χ4n) is 1.08. The van der Waals surface area contributed by atoms with E-state index < -0.39 is 0 Å². The third-order valence-electron chi connectivity index (χ3n) is 1.77. The van der Waals surface area contributed by atoms with E-state index in [1.54, 1.807) is 4.68 Å². The van der Waals surface area contributed by atoms with Gasteiger partial charge < -0.3 is 0 Å². The lowest BCUT2D eigenvalue weighted by atomic mass is 10.3. The van der Waals surface area contributed by atoms with E-state index in [0.717, 1.165) is 21.2 Å². The quantitative estimate of drug-likeness (QED) is 0.798. The van der Waals surface area contributed by atoms with Gasteiger partial charge in [-0.2, -0.15) is 0 Å². The SMILES string of the molecule is BrCc1cn(-c2ccc(Br)cc2)nn1. The maximum absolute atomic E-state index is 4.01. The van der Waals surface area contributed by atoms with Crippen LogP contribution in [0, 0.1) is 0 Å². The Morgan fingerprint density at radius 2 is 1.93 bits per heavy atom. The van der Waals surface area contributed by atoms with Gasteiger partial charge in [-0.1, -0.05) is 37.1 Å². The normalized spacial score (nSPS) is 10.4. The zero-order valence-electron chi connectivity index (χ0n) is 7.19. The fourth-order valence-corrected chi connectivity index (χ4v) is 1.60. The maximum Gasteiger partial charge on any atom is 0.0937 e. The van der Waals surface area contributed by atoms with Crippen molar-refractivity contribution in [2.24, 2.45) is 0 Å². The van der Waals surface area contributed by atoms with Crippen LogP contribution in [0.15, 0.2) is 34.9 Å². The highest BCUT2D eigenvalue weighted by molar-refractivity contribution is 9.10. The van der Waals surface area contributed by atoms with Crippen LogP contribution in [-0.2, 0) is 5.33 Å². The van der Waals surface area contributed by atoms with E-state index in [1.807, 2.05) is 30.5 Å². The summed E-state index contributed by atoms with van der Waals surface area (Å²) in [5.41, 5.74) is 1.93. The molecule has 0 saturated heterocycles. The van der Waals surface area contributed by atoms with Crippen LogP contribution in [0.4, 0.5) is 0 Å². The Hall–Kier alpha value is -0.680. The highest BCUT2D eigenvalue weighted by atomic mass is 79.9. The lowest BCUT2D eigenvalue weighted by Gasteiger charge is -1.98. The summed E-state index contributed by atoms with van der Waals surface area (Å²) in [7, 11) is 0. The number of halogens is 2. The molecule has 0 aliphatic carbocycles. The van der Waals surface area contributed by atoms with E-state index in [2.05, 4.69) is 42.2 Å². The molecule has 1 aromatic heterocycles. The molecule has 0 spiro atoms. The first-order chi connectivity index (χ1) is 6.79. The van der Waals surface area contributed by atoms with Crippen LogP contribution in [0.1, 0.15) is 5.69 Å². The topological polar surface area (TPSA) is 30.7 Å². The van der Waals surface area contributed by atoms with E-state index in [4.69, 9.17) is 0 Å². The first-order valence-corrected chi connectivity index (χ1v) is 5.94. The number of rotatable bonds is 2. The van der Waals surface area contributed by atoms with Crippen LogP contribution in [0.3, 0.4) is 0 Å². The summed E-state index contributed by atoms with van der Waals surface area (Å²) >= 11 is 6.72. The molecule has 14 heavy (non-hydrogen) atoms. The van der Waals surface area contributed by atoms with Crippen molar-refractivity contribution >= 4 is 31.9 Å². The standard InChI is InChI=1S/C9H7Br2N3/c10-5-8-6-14(13-12-8)9-3-1-7(11)2-4-9/h1-4,6H,5H2. The second-order valence-electron chi connectivity index (χ2n) is 2.76. The third kappa shape index (κ3) is 2.04. The molecule has 0 radical (unpaired) electrons. The van der Waals surface area contributed by atoms with Gasteiger partial charge in [-0.25, -0.2) is 4.68 Å². The van der Waals surface area contributed by atoms with Gasteiger partial charge in [-0.15, -0.1) is 5.10 Å². The summed E-state index contributed by atoms with van der Waals surface area (Å²) in [5, 5.41) is 8.72. The van der Waals surface area contributed by atoms with Crippen molar-refractivity contribution in [1.82, 2.24) is 15.0 Å². The van der Waals surface area contributed by atoms with Gasteiger partial charge >= 0.3 is 0 Å². The molecule has 0 N–H and O–H groups in total. The average molecular weight is 317 g/mol. The molecule has 0 amide bonds. The number of hydrogen-bond donors (Lipinski definition) is 0. The predicted octanol–water partition coefficient (Wildman–Crippen LogP) is 2.92. The molecule has 0 bridgehead atoms. The first-order valence-electron chi connectivity index (χ1n) is 4.03. The van der Waals surface area contributed by atoms with Crippen LogP contribution >= 0.6 is 31.9 Å². The Morgan fingerprint density at radius 1 is 1.21 bits per heavy atom. The molecule has 2 rings (SSSR count). The number of nitrogens with zero attached hydrogens (tertiary/aromatic N) is 3. The smallest absolute Gasteiger partial charge is 0.0937 e. The molecule has 72 valence electrons. The molecule has 1 heterocycles. The molecule has 0 aliphatic heterocycles. The van der Waals surface area contributed by atoms with Crippen LogP contribution in [-0.4, -0.2) is 15.0 Å². The molecular weight excluding hydrogens is 310 g/mol. The van der Waals surface area contributed by atoms with Crippen LogP contribution in [0.5, 0.6) is 0 Å². The molecule has 1 aromatic carbocycles. The molecule has 5 heteroatoms. The van der Waals surface area contributed by atoms with E-state index in [9.17, 15) is 0 Å². The second-order valence-corrected chi connectivity index (χ2v) is 4.24. The van der Waals surface area contributed by atoms with Crippen LogP contribution < -0.4 is 0 Å². The van der Waals surface area contributed by atoms with Gasteiger partial charge in [-0.05, 0) is 24.3 Å². The van der Waals surface area contributed by atoms with Crippen LogP contribution in [0.2, 0.25) is 0 Å². The molecule has 0 fully saturated rings. The van der Waals surface area contributed by atoms with Crippen molar-refractivity contribution in [2.45, 2.75) is 5.33 Å². The maximum atomic E-state index is 4.01. The fraction of sp³-hybridized carbons (Fsp3) is 0.111. The molecule has 3 nitrogen and oxygen atoms in total. The molecular formula is C9H7Br2N3. The van der Waals surface area contributed by atoms with Crippen molar-refractivity contribution in [3.8, 4) is 5.69 Å². The summed E-state index contributed by atoms with van der Waals surface area (Å²) in [6.45, 7) is 0. The lowest BCUT2D eigenvalue weighted by Crippen LogP contribution is -1.93. The van der Waals surface area contributed by atoms with Crippen molar-refractivity contribution in [2.75, 3.05) is 0 Å². The minimum atomic E-state index is 0.726. The van der Waals surface area contributed by atoms with Crippen molar-refractivity contribution in [1.29, 1.82) is 0 Å². The number of aromatic nitrogens is 3. The summed E-state index contributed by atoms with van der Waals surface area (Å²) in [6.07, 6.45) is 1.90. The van der Waals surface area contributed by atoms with Gasteiger partial charge in [0.2, 0.25) is 0 Å². The van der Waals surface area contributed by atoms with E-state index in [1.165, 1.54) is 0 Å². The lowest BCUT2D eigenvalue weighted by molar-refractivity contribution is 0.800. The van der Waals surface area contributed by atoms with Crippen molar-refractivity contribution in [3.63, 3.8) is 0 Å². The summed E-state index contributed by atoms with van der Waals surface area (Å²) in [4.78, 5) is 0.